The summed E-state index contributed by atoms with van der Waals surface area (Å²) in [5.74, 6) is 0.582. The highest BCUT2D eigenvalue weighted by Crippen LogP contribution is 2.14. The molecule has 0 atom stereocenters. The Hall–Kier alpha value is -1.22. The smallest absolute Gasteiger partial charge is 0.370 e. The summed E-state index contributed by atoms with van der Waals surface area (Å²) in [4.78, 5) is 0. The average Bonchev–Trinajstić information content (AvgIpc) is 2.71. The van der Waals surface area contributed by atoms with Crippen LogP contribution in [0.4, 0.5) is 13.2 Å². The van der Waals surface area contributed by atoms with Gasteiger partial charge in [-0.25, -0.2) is 4.68 Å². The van der Waals surface area contributed by atoms with E-state index in [1.165, 1.54) is 4.68 Å². The molecule has 1 heterocycles. The van der Waals surface area contributed by atoms with Crippen LogP contribution in [0.5, 0.6) is 0 Å². The fourth-order valence-electron chi connectivity index (χ4n) is 1.24. The molecule has 18 heavy (non-hydrogen) atoms. The Bertz CT molecular complexity index is 341. The van der Waals surface area contributed by atoms with E-state index >= 15 is 0 Å². The number of nitrogens with one attached hydrogen (secondary N) is 1. The van der Waals surface area contributed by atoms with Gasteiger partial charge < -0.3 is 10.1 Å². The van der Waals surface area contributed by atoms with Gasteiger partial charge >= 0.3 is 6.18 Å². The molecule has 0 saturated heterocycles. The quantitative estimate of drug-likeness (QED) is 0.704. The van der Waals surface area contributed by atoms with Crippen LogP contribution >= 0.6 is 0 Å². The van der Waals surface area contributed by atoms with E-state index in [-0.39, 0.29) is 13.2 Å². The minimum Gasteiger partial charge on any atom is -0.370 e. The third-order valence-electron chi connectivity index (χ3n) is 2.03. The van der Waals surface area contributed by atoms with Gasteiger partial charge in [0.05, 0.1) is 19.7 Å². The second kappa shape index (κ2) is 7.27. The molecule has 0 fully saturated rings. The summed E-state index contributed by atoms with van der Waals surface area (Å²) < 4.78 is 41.4. The molecule has 0 aliphatic rings. The molecule has 1 rings (SSSR count). The highest BCUT2D eigenvalue weighted by Gasteiger charge is 2.27. The topological polar surface area (TPSA) is 64.9 Å². The Morgan fingerprint density at radius 3 is 2.83 bits per heavy atom. The summed E-state index contributed by atoms with van der Waals surface area (Å²) >= 11 is 0. The number of aromatic nitrogens is 4. The Kier molecular flexibility index (Phi) is 5.99. The maximum Gasteiger partial charge on any atom is 0.411 e. The van der Waals surface area contributed by atoms with E-state index in [1.54, 1.807) is 0 Å². The second-order valence-electron chi connectivity index (χ2n) is 3.66. The zero-order valence-electron chi connectivity index (χ0n) is 10.1. The fraction of sp³-hybridized carbons (Fsp3) is 0.889. The van der Waals surface area contributed by atoms with Gasteiger partial charge in [-0.1, -0.05) is 6.92 Å². The molecule has 0 bridgehead atoms. The van der Waals surface area contributed by atoms with Gasteiger partial charge in [0.15, 0.2) is 5.82 Å². The summed E-state index contributed by atoms with van der Waals surface area (Å²) in [6.45, 7) is 2.22. The van der Waals surface area contributed by atoms with E-state index < -0.39 is 12.8 Å². The van der Waals surface area contributed by atoms with Crippen molar-refractivity contribution in [3.63, 3.8) is 0 Å². The van der Waals surface area contributed by atoms with Gasteiger partial charge in [-0.3, -0.25) is 0 Å². The van der Waals surface area contributed by atoms with Gasteiger partial charge in [-0.2, -0.15) is 13.2 Å². The predicted molar refractivity (Wildman–Crippen MR) is 56.7 cm³/mol. The average molecular weight is 267 g/mol. The second-order valence-corrected chi connectivity index (χ2v) is 3.66. The zero-order valence-corrected chi connectivity index (χ0v) is 10.1. The van der Waals surface area contributed by atoms with Crippen LogP contribution in [-0.2, 0) is 17.8 Å². The van der Waals surface area contributed by atoms with E-state index in [0.717, 1.165) is 13.0 Å². The van der Waals surface area contributed by atoms with Crippen LogP contribution in [0.3, 0.4) is 0 Å². The first-order chi connectivity index (χ1) is 8.53. The van der Waals surface area contributed by atoms with Crippen LogP contribution in [0.2, 0.25) is 0 Å². The lowest BCUT2D eigenvalue weighted by Crippen LogP contribution is -2.22. The molecule has 0 amide bonds. The molecule has 0 aliphatic heterocycles. The number of rotatable bonds is 8. The zero-order chi connectivity index (χ0) is 13.4. The summed E-state index contributed by atoms with van der Waals surface area (Å²) in [5, 5.41) is 14.0. The van der Waals surface area contributed by atoms with Crippen molar-refractivity contribution in [1.82, 2.24) is 25.5 Å². The van der Waals surface area contributed by atoms with Crippen LogP contribution in [0.1, 0.15) is 19.2 Å². The van der Waals surface area contributed by atoms with Crippen LogP contribution in [0, 0.1) is 0 Å². The molecule has 1 aromatic rings. The molecule has 1 N–H and O–H groups in total. The number of nitrogens with zero attached hydrogens (tertiary/aromatic N) is 4. The lowest BCUT2D eigenvalue weighted by Gasteiger charge is -2.08. The Morgan fingerprint density at radius 2 is 2.17 bits per heavy atom. The van der Waals surface area contributed by atoms with Crippen molar-refractivity contribution in [2.45, 2.75) is 32.6 Å². The maximum atomic E-state index is 11.8. The normalized spacial score (nSPS) is 12.0. The highest BCUT2D eigenvalue weighted by atomic mass is 19.4. The van der Waals surface area contributed by atoms with Crippen LogP contribution in [0.15, 0.2) is 0 Å². The summed E-state index contributed by atoms with van der Waals surface area (Å²) in [6.07, 6.45) is -3.32. The van der Waals surface area contributed by atoms with Crippen LogP contribution in [-0.4, -0.2) is 46.1 Å². The molecule has 104 valence electrons. The first-order valence-electron chi connectivity index (χ1n) is 5.63. The van der Waals surface area contributed by atoms with Gasteiger partial charge in [-0.05, 0) is 23.4 Å². The number of tetrazole rings is 1. The molecular formula is C9H16F3N5O. The number of alkyl halides is 3. The van der Waals surface area contributed by atoms with Crippen molar-refractivity contribution in [1.29, 1.82) is 0 Å². The molecule has 0 aliphatic carbocycles. The van der Waals surface area contributed by atoms with Gasteiger partial charge in [0.1, 0.15) is 6.61 Å². The minimum atomic E-state index is -4.30. The van der Waals surface area contributed by atoms with E-state index in [2.05, 4.69) is 25.6 Å². The van der Waals surface area contributed by atoms with E-state index in [9.17, 15) is 13.2 Å². The van der Waals surface area contributed by atoms with Crippen LogP contribution in [0.25, 0.3) is 0 Å². The van der Waals surface area contributed by atoms with Crippen LogP contribution < -0.4 is 5.32 Å². The lowest BCUT2D eigenvalue weighted by molar-refractivity contribution is -0.174. The molecular weight excluding hydrogens is 251 g/mol. The Morgan fingerprint density at radius 1 is 1.39 bits per heavy atom. The van der Waals surface area contributed by atoms with Gasteiger partial charge in [-0.15, -0.1) is 5.10 Å². The molecule has 0 radical (unpaired) electrons. The molecule has 0 aromatic carbocycles. The summed E-state index contributed by atoms with van der Waals surface area (Å²) in [5.41, 5.74) is 0. The SMILES string of the molecule is CCCNCc1nnnn1CCOCC(F)(F)F. The van der Waals surface area contributed by atoms with Crippen molar-refractivity contribution < 1.29 is 17.9 Å². The first kappa shape index (κ1) is 14.8. The monoisotopic (exact) mass is 267 g/mol. The first-order valence-corrected chi connectivity index (χ1v) is 5.63. The third kappa shape index (κ3) is 5.92. The Labute approximate surface area is 102 Å². The van der Waals surface area contributed by atoms with Gasteiger partial charge in [0, 0.05) is 0 Å². The number of ether oxygens (including phenoxy) is 1. The fourth-order valence-corrected chi connectivity index (χ4v) is 1.24. The molecule has 9 heteroatoms. The number of halogens is 3. The minimum absolute atomic E-state index is 0.0780. The van der Waals surface area contributed by atoms with Gasteiger partial charge in [0.25, 0.3) is 0 Å². The van der Waals surface area contributed by atoms with Crippen molar-refractivity contribution >= 4 is 0 Å². The van der Waals surface area contributed by atoms with Crippen molar-refractivity contribution in [3.8, 4) is 0 Å². The van der Waals surface area contributed by atoms with Crippen molar-refractivity contribution in [2.75, 3.05) is 19.8 Å². The molecule has 1 aromatic heterocycles. The van der Waals surface area contributed by atoms with Crippen molar-refractivity contribution in [2.24, 2.45) is 0 Å². The molecule has 0 spiro atoms. The van der Waals surface area contributed by atoms with E-state index in [0.29, 0.717) is 12.4 Å². The summed E-state index contributed by atoms with van der Waals surface area (Å²) in [7, 11) is 0. The van der Waals surface area contributed by atoms with Gasteiger partial charge in [0.2, 0.25) is 0 Å². The Balaban J connectivity index is 2.27. The predicted octanol–water partition coefficient (Wildman–Crippen LogP) is 0.752. The van der Waals surface area contributed by atoms with E-state index in [4.69, 9.17) is 0 Å². The standard InChI is InChI=1S/C9H16F3N5O/c1-2-3-13-6-8-14-15-16-17(8)4-5-18-7-9(10,11)12/h13H,2-7H2,1H3. The highest BCUT2D eigenvalue weighted by molar-refractivity contribution is 4.79. The number of hydrogen-bond acceptors (Lipinski definition) is 5. The summed E-state index contributed by atoms with van der Waals surface area (Å²) in [6, 6.07) is 0. The largest absolute Gasteiger partial charge is 0.411 e. The molecule has 0 saturated carbocycles. The lowest BCUT2D eigenvalue weighted by atomic mass is 10.4. The third-order valence-corrected chi connectivity index (χ3v) is 2.03. The molecule has 0 unspecified atom stereocenters. The number of hydrogen-bond donors (Lipinski definition) is 1. The van der Waals surface area contributed by atoms with Crippen molar-refractivity contribution in [3.05, 3.63) is 5.82 Å². The molecule has 6 nitrogen and oxygen atoms in total. The van der Waals surface area contributed by atoms with E-state index in [1.807, 2.05) is 6.92 Å². The maximum absolute atomic E-state index is 11.8.